The third-order valence-electron chi connectivity index (χ3n) is 7.21. The Bertz CT molecular complexity index is 1680. The highest BCUT2D eigenvalue weighted by atomic mass is 16.6. The second-order valence-electron chi connectivity index (χ2n) is 11.0. The topological polar surface area (TPSA) is 206 Å². The molecule has 3 atom stereocenters. The number of hydrogen-bond donors (Lipinski definition) is 4. The number of hydrogen-bond acceptors (Lipinski definition) is 8. The lowest BCUT2D eigenvalue weighted by molar-refractivity contribution is -0.0129. The first-order valence-electron chi connectivity index (χ1n) is 14.6. The van der Waals surface area contributed by atoms with Crippen LogP contribution < -0.4 is 5.73 Å². The molecule has 0 saturated carbocycles. The maximum absolute atomic E-state index is 12.1. The molecule has 3 aromatic carbocycles. The van der Waals surface area contributed by atoms with Gasteiger partial charge in [-0.05, 0) is 69.5 Å². The molecule has 12 nitrogen and oxygen atoms in total. The van der Waals surface area contributed by atoms with Crippen molar-refractivity contribution < 1.29 is 38.9 Å². The zero-order valence-electron chi connectivity index (χ0n) is 26.4. The number of primary amides is 1. The van der Waals surface area contributed by atoms with Crippen molar-refractivity contribution in [1.82, 2.24) is 10.2 Å². The first-order valence-corrected chi connectivity index (χ1v) is 14.6. The predicted octanol–water partition coefficient (Wildman–Crippen LogP) is 5.40. The number of nitrogens with zero attached hydrogens (tertiary/aromatic N) is 2. The monoisotopic (exact) mass is 640 g/mol. The van der Waals surface area contributed by atoms with Crippen molar-refractivity contribution >= 4 is 23.8 Å². The highest BCUT2D eigenvalue weighted by Gasteiger charge is 2.38. The van der Waals surface area contributed by atoms with E-state index in [0.717, 1.165) is 16.7 Å². The van der Waals surface area contributed by atoms with E-state index in [1.165, 1.54) is 0 Å². The van der Waals surface area contributed by atoms with Crippen molar-refractivity contribution in [3.8, 4) is 6.07 Å². The van der Waals surface area contributed by atoms with Crippen LogP contribution in [0.2, 0.25) is 0 Å². The van der Waals surface area contributed by atoms with Crippen LogP contribution in [0.25, 0.3) is 0 Å². The number of aryl methyl sites for hydroxylation is 3. The van der Waals surface area contributed by atoms with Crippen LogP contribution in [0.1, 0.15) is 89.0 Å². The van der Waals surface area contributed by atoms with Crippen molar-refractivity contribution in [2.45, 2.75) is 46.3 Å². The minimum absolute atomic E-state index is 0.0261. The van der Waals surface area contributed by atoms with Gasteiger partial charge >= 0.3 is 17.9 Å². The van der Waals surface area contributed by atoms with Gasteiger partial charge in [0.2, 0.25) is 0 Å². The molecule has 1 amide bonds. The normalized spacial score (nSPS) is 16.4. The van der Waals surface area contributed by atoms with Crippen LogP contribution in [0, 0.1) is 38.0 Å². The van der Waals surface area contributed by atoms with Crippen LogP contribution in [-0.4, -0.2) is 56.9 Å². The van der Waals surface area contributed by atoms with E-state index in [0.29, 0.717) is 28.8 Å². The summed E-state index contributed by atoms with van der Waals surface area (Å²) in [6, 6.07) is 22.5. The van der Waals surface area contributed by atoms with E-state index >= 15 is 0 Å². The van der Waals surface area contributed by atoms with Gasteiger partial charge in [-0.15, -0.1) is 0 Å². The Morgan fingerprint density at radius 1 is 0.872 bits per heavy atom. The zero-order chi connectivity index (χ0) is 34.7. The van der Waals surface area contributed by atoms with Gasteiger partial charge in [0.25, 0.3) is 5.91 Å². The summed E-state index contributed by atoms with van der Waals surface area (Å²) in [5.74, 6) is -2.88. The Kier molecular flexibility index (Phi) is 12.5. The molecule has 2 heterocycles. The van der Waals surface area contributed by atoms with Crippen molar-refractivity contribution in [3.63, 3.8) is 0 Å². The van der Waals surface area contributed by atoms with E-state index in [1.807, 2.05) is 45.9 Å². The van der Waals surface area contributed by atoms with Gasteiger partial charge < -0.3 is 25.4 Å². The molecule has 5 rings (SSSR count). The fourth-order valence-electron chi connectivity index (χ4n) is 4.62. The Labute approximate surface area is 271 Å². The Morgan fingerprint density at radius 2 is 1.32 bits per heavy atom. The SMILES string of the molecule is Cc1ccc(C(=O)O)cc1.Cc1ccc(C(=O)O)cc1.Cc1ccc(C(=O)OC[C@@H]2C[C@H](C)[C@H](c3[nH]nc(C#N)c3C(N)=O)O2)cc1. The molecule has 0 aliphatic carbocycles. The quantitative estimate of drug-likeness (QED) is 0.189. The molecule has 1 aliphatic heterocycles. The first-order chi connectivity index (χ1) is 22.3. The minimum Gasteiger partial charge on any atom is -0.478 e. The Hall–Kier alpha value is -5.80. The molecule has 47 heavy (non-hydrogen) atoms. The summed E-state index contributed by atoms with van der Waals surface area (Å²) in [6.45, 7) is 7.83. The van der Waals surface area contributed by atoms with Gasteiger partial charge in [-0.1, -0.05) is 60.0 Å². The van der Waals surface area contributed by atoms with Crippen LogP contribution in [-0.2, 0) is 9.47 Å². The lowest BCUT2D eigenvalue weighted by Crippen LogP contribution is -2.20. The molecule has 12 heteroatoms. The van der Waals surface area contributed by atoms with Gasteiger partial charge in [0, 0.05) is 0 Å². The number of carbonyl (C=O) groups excluding carboxylic acids is 2. The van der Waals surface area contributed by atoms with E-state index in [4.69, 9.17) is 30.7 Å². The molecule has 1 saturated heterocycles. The molecular weight excluding hydrogens is 604 g/mol. The van der Waals surface area contributed by atoms with Crippen molar-refractivity contribution in [2.75, 3.05) is 6.61 Å². The second kappa shape index (κ2) is 16.5. The average Bonchev–Trinajstić information content (AvgIpc) is 3.64. The number of aromatic nitrogens is 2. The summed E-state index contributed by atoms with van der Waals surface area (Å²) in [5, 5.41) is 32.5. The van der Waals surface area contributed by atoms with E-state index in [9.17, 15) is 19.2 Å². The molecule has 244 valence electrons. The van der Waals surface area contributed by atoms with Gasteiger partial charge in [-0.3, -0.25) is 9.89 Å². The maximum atomic E-state index is 12.1. The molecule has 4 aromatic rings. The van der Waals surface area contributed by atoms with Crippen LogP contribution in [0.5, 0.6) is 0 Å². The molecule has 1 aliphatic rings. The van der Waals surface area contributed by atoms with E-state index in [1.54, 1.807) is 60.7 Å². The van der Waals surface area contributed by atoms with Gasteiger partial charge in [0.15, 0.2) is 5.69 Å². The summed E-state index contributed by atoms with van der Waals surface area (Å²) in [5.41, 5.74) is 10.1. The number of aromatic carboxylic acids is 2. The van der Waals surface area contributed by atoms with Crippen molar-refractivity contribution in [1.29, 1.82) is 5.26 Å². The van der Waals surface area contributed by atoms with Crippen LogP contribution in [0.15, 0.2) is 72.8 Å². The number of nitrogens with one attached hydrogen (secondary N) is 1. The van der Waals surface area contributed by atoms with Crippen molar-refractivity contribution in [3.05, 3.63) is 123 Å². The number of benzene rings is 3. The van der Waals surface area contributed by atoms with Crippen LogP contribution in [0.3, 0.4) is 0 Å². The fourth-order valence-corrected chi connectivity index (χ4v) is 4.62. The highest BCUT2D eigenvalue weighted by molar-refractivity contribution is 5.96. The number of nitrogens with two attached hydrogens (primary N) is 1. The number of esters is 1. The number of ether oxygens (including phenoxy) is 2. The molecule has 0 spiro atoms. The number of H-pyrrole nitrogens is 1. The number of amides is 1. The Balaban J connectivity index is 0.000000244. The number of carbonyl (C=O) groups is 4. The van der Waals surface area contributed by atoms with E-state index in [2.05, 4.69) is 10.2 Å². The van der Waals surface area contributed by atoms with E-state index in [-0.39, 0.29) is 29.9 Å². The number of nitriles is 1. The summed E-state index contributed by atoms with van der Waals surface area (Å²) in [6.07, 6.45) is -0.176. The molecule has 1 aromatic heterocycles. The van der Waals surface area contributed by atoms with Crippen LogP contribution >= 0.6 is 0 Å². The predicted molar refractivity (Wildman–Crippen MR) is 171 cm³/mol. The average molecular weight is 641 g/mol. The number of carboxylic acids is 2. The number of aromatic amines is 1. The smallest absolute Gasteiger partial charge is 0.338 e. The molecule has 0 bridgehead atoms. The fraction of sp³-hybridized carbons (Fsp3) is 0.257. The summed E-state index contributed by atoms with van der Waals surface area (Å²) < 4.78 is 11.3. The standard InChI is InChI=1S/C19H20N4O4.2C8H8O2/c1-10-3-5-12(6-4-10)19(25)26-9-13-7-11(2)17(27-13)16-15(18(21)24)14(8-20)22-23-16;2*1-6-2-4-7(5-3-6)8(9)10/h3-6,11,13,17H,7,9H2,1-2H3,(H2,21,24)(H,22,23);2*2-5H,1H3,(H,9,10)/t11-,13-,17+;;/m0../s1. The summed E-state index contributed by atoms with van der Waals surface area (Å²) in [4.78, 5) is 44.5. The van der Waals surface area contributed by atoms with Gasteiger partial charge in [0.1, 0.15) is 24.3 Å². The van der Waals surface area contributed by atoms with Crippen molar-refractivity contribution in [2.24, 2.45) is 11.7 Å². The molecule has 5 N–H and O–H groups in total. The number of carboxylic acid groups (broad SMARTS) is 2. The van der Waals surface area contributed by atoms with Crippen LogP contribution in [0.4, 0.5) is 0 Å². The second-order valence-corrected chi connectivity index (χ2v) is 11.0. The molecule has 0 radical (unpaired) electrons. The third kappa shape index (κ3) is 10.1. The lowest BCUT2D eigenvalue weighted by atomic mass is 9.96. The van der Waals surface area contributed by atoms with Gasteiger partial charge in [-0.25, -0.2) is 14.4 Å². The number of rotatable bonds is 7. The zero-order valence-corrected chi connectivity index (χ0v) is 26.4. The minimum atomic E-state index is -0.875. The van der Waals surface area contributed by atoms with Gasteiger partial charge in [-0.2, -0.15) is 10.4 Å². The lowest BCUT2D eigenvalue weighted by Gasteiger charge is -2.15. The third-order valence-corrected chi connectivity index (χ3v) is 7.21. The first kappa shape index (κ1) is 35.7. The molecule has 0 unspecified atom stereocenters. The molecular formula is C35H36N4O8. The summed E-state index contributed by atoms with van der Waals surface area (Å²) >= 11 is 0. The summed E-state index contributed by atoms with van der Waals surface area (Å²) in [7, 11) is 0. The van der Waals surface area contributed by atoms with Gasteiger partial charge in [0.05, 0.1) is 28.5 Å². The highest BCUT2D eigenvalue weighted by Crippen LogP contribution is 2.39. The maximum Gasteiger partial charge on any atom is 0.338 e. The molecule has 1 fully saturated rings. The Morgan fingerprint density at radius 3 is 1.72 bits per heavy atom. The largest absolute Gasteiger partial charge is 0.478 e. The van der Waals surface area contributed by atoms with E-state index < -0.39 is 29.9 Å².